The van der Waals surface area contributed by atoms with Crippen LogP contribution in [0.3, 0.4) is 0 Å². The third kappa shape index (κ3) is 3.81. The Hall–Kier alpha value is -0.840. The van der Waals surface area contributed by atoms with E-state index in [2.05, 4.69) is 37.9 Å². The molecule has 0 saturated carbocycles. The van der Waals surface area contributed by atoms with E-state index in [-0.39, 0.29) is 6.04 Å². The van der Waals surface area contributed by atoms with E-state index >= 15 is 0 Å². The molecule has 2 rings (SSSR count). The number of halogens is 2. The van der Waals surface area contributed by atoms with Gasteiger partial charge in [-0.2, -0.15) is 0 Å². The second-order valence-electron chi connectivity index (χ2n) is 4.32. The third-order valence-electron chi connectivity index (χ3n) is 2.98. The molecule has 0 aliphatic heterocycles. The van der Waals surface area contributed by atoms with E-state index in [0.717, 1.165) is 32.2 Å². The topological polar surface area (TPSA) is 35.2 Å². The molecular formula is C15H15Br2NO. The Bertz CT molecular complexity index is 555. The second-order valence-corrected chi connectivity index (χ2v) is 6.15. The maximum absolute atomic E-state index is 6.26. The van der Waals surface area contributed by atoms with Gasteiger partial charge in [-0.15, -0.1) is 0 Å². The minimum Gasteiger partial charge on any atom is -0.496 e. The van der Waals surface area contributed by atoms with Gasteiger partial charge in [0.2, 0.25) is 0 Å². The molecule has 100 valence electrons. The largest absolute Gasteiger partial charge is 0.496 e. The second kappa shape index (κ2) is 6.55. The summed E-state index contributed by atoms with van der Waals surface area (Å²) >= 11 is 6.91. The summed E-state index contributed by atoms with van der Waals surface area (Å²) in [6.45, 7) is 0. The predicted octanol–water partition coefficient (Wildman–Crippen LogP) is 4.46. The molecule has 0 heterocycles. The van der Waals surface area contributed by atoms with E-state index in [0.29, 0.717) is 0 Å². The van der Waals surface area contributed by atoms with Crippen molar-refractivity contribution in [1.82, 2.24) is 0 Å². The van der Waals surface area contributed by atoms with Crippen LogP contribution in [0.4, 0.5) is 0 Å². The lowest BCUT2D eigenvalue weighted by atomic mass is 9.99. The Morgan fingerprint density at radius 2 is 1.68 bits per heavy atom. The Morgan fingerprint density at radius 3 is 2.32 bits per heavy atom. The van der Waals surface area contributed by atoms with Gasteiger partial charge in [0.25, 0.3) is 0 Å². The van der Waals surface area contributed by atoms with Gasteiger partial charge in [0.1, 0.15) is 5.75 Å². The SMILES string of the molecule is COc1ccc(Br)cc1CC(N)c1ccc(Br)cc1. The molecule has 2 nitrogen and oxygen atoms in total. The summed E-state index contributed by atoms with van der Waals surface area (Å²) in [6.07, 6.45) is 0.740. The van der Waals surface area contributed by atoms with Crippen LogP contribution in [0.5, 0.6) is 5.75 Å². The number of nitrogens with two attached hydrogens (primary N) is 1. The van der Waals surface area contributed by atoms with Crippen LogP contribution in [0.25, 0.3) is 0 Å². The number of rotatable bonds is 4. The zero-order valence-corrected chi connectivity index (χ0v) is 13.7. The lowest BCUT2D eigenvalue weighted by molar-refractivity contribution is 0.408. The van der Waals surface area contributed by atoms with E-state index < -0.39 is 0 Å². The maximum atomic E-state index is 6.26. The predicted molar refractivity (Wildman–Crippen MR) is 85.5 cm³/mol. The van der Waals surface area contributed by atoms with Crippen molar-refractivity contribution in [2.24, 2.45) is 5.73 Å². The molecule has 0 spiro atoms. The lowest BCUT2D eigenvalue weighted by Crippen LogP contribution is -2.13. The first-order chi connectivity index (χ1) is 9.10. The molecule has 0 saturated heterocycles. The van der Waals surface area contributed by atoms with E-state index in [1.165, 1.54) is 0 Å². The third-order valence-corrected chi connectivity index (χ3v) is 4.00. The molecule has 2 N–H and O–H groups in total. The van der Waals surface area contributed by atoms with Crippen molar-refractivity contribution in [1.29, 1.82) is 0 Å². The van der Waals surface area contributed by atoms with Gasteiger partial charge in [-0.1, -0.05) is 44.0 Å². The molecule has 1 unspecified atom stereocenters. The van der Waals surface area contributed by atoms with Gasteiger partial charge in [0.15, 0.2) is 0 Å². The minimum atomic E-state index is -0.0451. The van der Waals surface area contributed by atoms with Crippen LogP contribution in [0.15, 0.2) is 51.4 Å². The van der Waals surface area contributed by atoms with E-state index in [4.69, 9.17) is 10.5 Å². The molecule has 0 bridgehead atoms. The molecule has 2 aromatic rings. The van der Waals surface area contributed by atoms with Crippen LogP contribution in [0, 0.1) is 0 Å². The lowest BCUT2D eigenvalue weighted by Gasteiger charge is -2.15. The quantitative estimate of drug-likeness (QED) is 0.844. The van der Waals surface area contributed by atoms with Gasteiger partial charge in [-0.05, 0) is 47.9 Å². The maximum Gasteiger partial charge on any atom is 0.122 e. The number of hydrogen-bond acceptors (Lipinski definition) is 2. The molecule has 0 fully saturated rings. The Balaban J connectivity index is 2.20. The molecule has 0 amide bonds. The van der Waals surface area contributed by atoms with Crippen LogP contribution in [-0.4, -0.2) is 7.11 Å². The van der Waals surface area contributed by atoms with E-state index in [1.54, 1.807) is 7.11 Å². The Labute approximate surface area is 130 Å². The van der Waals surface area contributed by atoms with Crippen LogP contribution < -0.4 is 10.5 Å². The zero-order valence-electron chi connectivity index (χ0n) is 10.6. The Morgan fingerprint density at radius 1 is 1.05 bits per heavy atom. The van der Waals surface area contributed by atoms with Crippen molar-refractivity contribution in [2.45, 2.75) is 12.5 Å². The van der Waals surface area contributed by atoms with Gasteiger partial charge in [-0.3, -0.25) is 0 Å². The number of hydrogen-bond donors (Lipinski definition) is 1. The summed E-state index contributed by atoms with van der Waals surface area (Å²) in [5, 5.41) is 0. The normalized spacial score (nSPS) is 12.2. The summed E-state index contributed by atoms with van der Waals surface area (Å²) in [5.41, 5.74) is 8.48. The summed E-state index contributed by atoms with van der Waals surface area (Å²) in [4.78, 5) is 0. The first kappa shape index (κ1) is 14.6. The fraction of sp³-hybridized carbons (Fsp3) is 0.200. The van der Waals surface area contributed by atoms with Crippen molar-refractivity contribution in [2.75, 3.05) is 7.11 Å². The fourth-order valence-electron chi connectivity index (χ4n) is 1.97. The van der Waals surface area contributed by atoms with Gasteiger partial charge in [0, 0.05) is 15.0 Å². The molecular weight excluding hydrogens is 370 g/mol. The van der Waals surface area contributed by atoms with E-state index in [1.807, 2.05) is 36.4 Å². The monoisotopic (exact) mass is 383 g/mol. The smallest absolute Gasteiger partial charge is 0.122 e. The van der Waals surface area contributed by atoms with Crippen molar-refractivity contribution in [3.8, 4) is 5.75 Å². The first-order valence-corrected chi connectivity index (χ1v) is 7.52. The molecule has 0 aliphatic carbocycles. The molecule has 1 atom stereocenters. The highest BCUT2D eigenvalue weighted by atomic mass is 79.9. The summed E-state index contributed by atoms with van der Waals surface area (Å²) in [5.74, 6) is 0.871. The van der Waals surface area contributed by atoms with Gasteiger partial charge >= 0.3 is 0 Å². The van der Waals surface area contributed by atoms with Crippen molar-refractivity contribution < 1.29 is 4.74 Å². The number of benzene rings is 2. The number of ether oxygens (including phenoxy) is 1. The molecule has 0 radical (unpaired) electrons. The van der Waals surface area contributed by atoms with E-state index in [9.17, 15) is 0 Å². The van der Waals surface area contributed by atoms with Gasteiger partial charge in [-0.25, -0.2) is 0 Å². The standard InChI is InChI=1S/C15H15Br2NO/c1-19-15-7-6-13(17)8-11(15)9-14(18)10-2-4-12(16)5-3-10/h2-8,14H,9,18H2,1H3. The van der Waals surface area contributed by atoms with Crippen LogP contribution in [0.1, 0.15) is 17.2 Å². The van der Waals surface area contributed by atoms with Crippen LogP contribution in [0.2, 0.25) is 0 Å². The highest BCUT2D eigenvalue weighted by Crippen LogP contribution is 2.27. The zero-order chi connectivity index (χ0) is 13.8. The molecule has 0 aliphatic rings. The first-order valence-electron chi connectivity index (χ1n) is 5.93. The molecule has 2 aromatic carbocycles. The van der Waals surface area contributed by atoms with Crippen molar-refractivity contribution >= 4 is 31.9 Å². The van der Waals surface area contributed by atoms with Crippen molar-refractivity contribution in [3.63, 3.8) is 0 Å². The summed E-state index contributed by atoms with van der Waals surface area (Å²) < 4.78 is 7.46. The highest BCUT2D eigenvalue weighted by Gasteiger charge is 2.11. The van der Waals surface area contributed by atoms with Crippen molar-refractivity contribution in [3.05, 3.63) is 62.5 Å². The van der Waals surface area contributed by atoms with Crippen LogP contribution in [-0.2, 0) is 6.42 Å². The van der Waals surface area contributed by atoms with Crippen LogP contribution >= 0.6 is 31.9 Å². The molecule has 0 aromatic heterocycles. The summed E-state index contributed by atoms with van der Waals surface area (Å²) in [6, 6.07) is 14.0. The fourth-order valence-corrected chi connectivity index (χ4v) is 2.64. The number of methoxy groups -OCH3 is 1. The molecule has 4 heteroatoms. The Kier molecular flexibility index (Phi) is 5.02. The minimum absolute atomic E-state index is 0.0451. The average molecular weight is 385 g/mol. The highest BCUT2D eigenvalue weighted by molar-refractivity contribution is 9.10. The van der Waals surface area contributed by atoms with Gasteiger partial charge in [0.05, 0.1) is 7.11 Å². The average Bonchev–Trinajstić information content (AvgIpc) is 2.39. The summed E-state index contributed by atoms with van der Waals surface area (Å²) in [7, 11) is 1.68. The molecule has 19 heavy (non-hydrogen) atoms. The van der Waals surface area contributed by atoms with Gasteiger partial charge < -0.3 is 10.5 Å².